The van der Waals surface area contributed by atoms with Gasteiger partial charge < -0.3 is 11.1 Å². The van der Waals surface area contributed by atoms with Crippen molar-refractivity contribution in [2.75, 3.05) is 11.1 Å². The number of rotatable bonds is 4. The molecule has 3 heterocycles. The Hall–Kier alpha value is -2.34. The molecule has 0 unspecified atom stereocenters. The van der Waals surface area contributed by atoms with Crippen LogP contribution in [0.3, 0.4) is 0 Å². The average molecular weight is 271 g/mol. The van der Waals surface area contributed by atoms with Crippen LogP contribution in [0.5, 0.6) is 0 Å². The van der Waals surface area contributed by atoms with Crippen molar-refractivity contribution in [3.8, 4) is 5.82 Å². The molecule has 0 atom stereocenters. The van der Waals surface area contributed by atoms with Crippen molar-refractivity contribution in [2.45, 2.75) is 6.54 Å². The fraction of sp³-hybridized carbons (Fsp3) is 0.0769. The Morgan fingerprint density at radius 1 is 1.32 bits per heavy atom. The number of thiophene rings is 1. The van der Waals surface area contributed by atoms with E-state index in [2.05, 4.69) is 15.4 Å². The zero-order chi connectivity index (χ0) is 13.1. The van der Waals surface area contributed by atoms with E-state index in [0.717, 1.165) is 22.1 Å². The van der Waals surface area contributed by atoms with E-state index in [1.807, 2.05) is 35.8 Å². The predicted octanol–water partition coefficient (Wildman–Crippen LogP) is 2.52. The fourth-order valence-electron chi connectivity index (χ4n) is 1.71. The number of nitrogen functional groups attached to an aromatic ring is 1. The molecular formula is C13H13N5S. The summed E-state index contributed by atoms with van der Waals surface area (Å²) < 4.78 is 1.72. The molecule has 96 valence electrons. The molecule has 19 heavy (non-hydrogen) atoms. The first-order chi connectivity index (χ1) is 9.33. The maximum absolute atomic E-state index is 5.84. The molecule has 3 rings (SSSR count). The van der Waals surface area contributed by atoms with Gasteiger partial charge in [0.05, 0.1) is 18.4 Å². The molecule has 0 saturated heterocycles. The van der Waals surface area contributed by atoms with E-state index < -0.39 is 0 Å². The summed E-state index contributed by atoms with van der Waals surface area (Å²) in [7, 11) is 0. The van der Waals surface area contributed by atoms with Crippen LogP contribution in [0.1, 0.15) is 4.88 Å². The van der Waals surface area contributed by atoms with Crippen molar-refractivity contribution < 1.29 is 0 Å². The Labute approximate surface area is 114 Å². The summed E-state index contributed by atoms with van der Waals surface area (Å²) in [6, 6.07) is 7.69. The van der Waals surface area contributed by atoms with E-state index in [1.165, 1.54) is 0 Å². The van der Waals surface area contributed by atoms with Crippen LogP contribution in [0.4, 0.5) is 11.4 Å². The minimum absolute atomic E-state index is 0.715. The number of nitrogens with two attached hydrogens (primary N) is 1. The lowest BCUT2D eigenvalue weighted by atomic mass is 10.3. The van der Waals surface area contributed by atoms with Crippen molar-refractivity contribution in [2.24, 2.45) is 0 Å². The van der Waals surface area contributed by atoms with Crippen molar-refractivity contribution in [1.82, 2.24) is 14.8 Å². The Morgan fingerprint density at radius 2 is 2.26 bits per heavy atom. The van der Waals surface area contributed by atoms with Gasteiger partial charge in [0.1, 0.15) is 0 Å². The molecule has 0 bridgehead atoms. The van der Waals surface area contributed by atoms with Crippen molar-refractivity contribution in [3.63, 3.8) is 0 Å². The highest BCUT2D eigenvalue weighted by Gasteiger charge is 2.01. The molecule has 0 aliphatic carbocycles. The molecule has 0 amide bonds. The van der Waals surface area contributed by atoms with Gasteiger partial charge in [-0.3, -0.25) is 0 Å². The number of aromatic nitrogens is 3. The number of nitrogens with zero attached hydrogens (tertiary/aromatic N) is 3. The predicted molar refractivity (Wildman–Crippen MR) is 77.4 cm³/mol. The zero-order valence-electron chi connectivity index (χ0n) is 10.2. The third-order valence-corrected chi connectivity index (χ3v) is 3.66. The summed E-state index contributed by atoms with van der Waals surface area (Å²) >= 11 is 1.65. The molecule has 3 N–H and O–H groups in total. The molecule has 0 radical (unpaired) electrons. The third-order valence-electron chi connectivity index (χ3n) is 2.72. The third kappa shape index (κ3) is 2.58. The Balaban J connectivity index is 1.68. The Morgan fingerprint density at radius 3 is 2.89 bits per heavy atom. The van der Waals surface area contributed by atoms with Gasteiger partial charge in [-0.05, 0) is 29.6 Å². The number of anilines is 2. The van der Waals surface area contributed by atoms with Gasteiger partial charge in [0.15, 0.2) is 5.82 Å². The number of hydrogen-bond acceptors (Lipinski definition) is 5. The van der Waals surface area contributed by atoms with Crippen LogP contribution >= 0.6 is 11.3 Å². The lowest BCUT2D eigenvalue weighted by Crippen LogP contribution is -2.02. The van der Waals surface area contributed by atoms with E-state index in [9.17, 15) is 0 Å². The first-order valence-corrected chi connectivity index (χ1v) is 6.73. The van der Waals surface area contributed by atoms with Gasteiger partial charge in [0.2, 0.25) is 0 Å². The number of hydrogen-bond donors (Lipinski definition) is 2. The monoisotopic (exact) mass is 271 g/mol. The number of pyridine rings is 1. The minimum atomic E-state index is 0.715. The van der Waals surface area contributed by atoms with Crippen LogP contribution in [0, 0.1) is 0 Å². The van der Waals surface area contributed by atoms with Gasteiger partial charge in [-0.25, -0.2) is 9.67 Å². The standard InChI is InChI=1S/C13H13N5S/c14-11-4-7-19-12(11)9-15-10-2-3-13(16-8-10)18-6-1-5-17-18/h1-8,15H,9,14H2. The highest BCUT2D eigenvalue weighted by molar-refractivity contribution is 7.10. The highest BCUT2D eigenvalue weighted by Crippen LogP contribution is 2.20. The normalized spacial score (nSPS) is 10.5. The molecule has 0 fully saturated rings. The van der Waals surface area contributed by atoms with Gasteiger partial charge in [0, 0.05) is 23.0 Å². The van der Waals surface area contributed by atoms with Crippen LogP contribution in [-0.2, 0) is 6.54 Å². The molecule has 0 saturated carbocycles. The molecular weight excluding hydrogens is 258 g/mol. The molecule has 3 aromatic rings. The topological polar surface area (TPSA) is 68.8 Å². The average Bonchev–Trinajstić information content (AvgIpc) is 3.09. The van der Waals surface area contributed by atoms with E-state index >= 15 is 0 Å². The smallest absolute Gasteiger partial charge is 0.153 e. The quantitative estimate of drug-likeness (QED) is 0.765. The van der Waals surface area contributed by atoms with E-state index in [-0.39, 0.29) is 0 Å². The van der Waals surface area contributed by atoms with Gasteiger partial charge in [0.25, 0.3) is 0 Å². The van der Waals surface area contributed by atoms with Crippen LogP contribution in [0.15, 0.2) is 48.2 Å². The van der Waals surface area contributed by atoms with Crippen LogP contribution in [-0.4, -0.2) is 14.8 Å². The first kappa shape index (κ1) is 11.7. The Kier molecular flexibility index (Phi) is 3.16. The van der Waals surface area contributed by atoms with Crippen molar-refractivity contribution in [3.05, 3.63) is 53.1 Å². The van der Waals surface area contributed by atoms with Crippen LogP contribution in [0.2, 0.25) is 0 Å². The van der Waals surface area contributed by atoms with Crippen molar-refractivity contribution in [1.29, 1.82) is 0 Å². The summed E-state index contributed by atoms with van der Waals surface area (Å²) in [5.41, 5.74) is 7.63. The SMILES string of the molecule is Nc1ccsc1CNc1ccc(-n2cccn2)nc1. The van der Waals surface area contributed by atoms with Gasteiger partial charge in [-0.2, -0.15) is 5.10 Å². The lowest BCUT2D eigenvalue weighted by molar-refractivity contribution is 0.847. The van der Waals surface area contributed by atoms with E-state index in [0.29, 0.717) is 6.54 Å². The molecule has 0 aromatic carbocycles. The largest absolute Gasteiger partial charge is 0.398 e. The fourth-order valence-corrected chi connectivity index (χ4v) is 2.45. The molecule has 3 aromatic heterocycles. The summed E-state index contributed by atoms with van der Waals surface area (Å²) in [4.78, 5) is 5.49. The summed E-state index contributed by atoms with van der Waals surface area (Å²) in [5.74, 6) is 0.797. The second-order valence-corrected chi connectivity index (χ2v) is 5.01. The molecule has 6 heteroatoms. The van der Waals surface area contributed by atoms with E-state index in [4.69, 9.17) is 5.73 Å². The summed E-state index contributed by atoms with van der Waals surface area (Å²) in [5, 5.41) is 9.42. The highest BCUT2D eigenvalue weighted by atomic mass is 32.1. The maximum atomic E-state index is 5.84. The molecule has 0 aliphatic heterocycles. The second-order valence-electron chi connectivity index (χ2n) is 4.01. The molecule has 0 spiro atoms. The lowest BCUT2D eigenvalue weighted by Gasteiger charge is -2.06. The van der Waals surface area contributed by atoms with Gasteiger partial charge >= 0.3 is 0 Å². The maximum Gasteiger partial charge on any atom is 0.153 e. The minimum Gasteiger partial charge on any atom is -0.398 e. The zero-order valence-corrected chi connectivity index (χ0v) is 11.0. The second kappa shape index (κ2) is 5.11. The molecule has 5 nitrogen and oxygen atoms in total. The first-order valence-electron chi connectivity index (χ1n) is 5.85. The van der Waals surface area contributed by atoms with Crippen molar-refractivity contribution >= 4 is 22.7 Å². The summed E-state index contributed by atoms with van der Waals surface area (Å²) in [6.07, 6.45) is 5.38. The van der Waals surface area contributed by atoms with Crippen LogP contribution < -0.4 is 11.1 Å². The van der Waals surface area contributed by atoms with E-state index in [1.54, 1.807) is 28.4 Å². The van der Waals surface area contributed by atoms with Crippen LogP contribution in [0.25, 0.3) is 5.82 Å². The van der Waals surface area contributed by atoms with Gasteiger partial charge in [-0.15, -0.1) is 11.3 Å². The Bertz CT molecular complexity index is 642. The summed E-state index contributed by atoms with van der Waals surface area (Å²) in [6.45, 7) is 0.715. The van der Waals surface area contributed by atoms with Gasteiger partial charge in [-0.1, -0.05) is 0 Å². The molecule has 0 aliphatic rings. The number of nitrogens with one attached hydrogen (secondary N) is 1.